The van der Waals surface area contributed by atoms with Gasteiger partial charge in [0.25, 0.3) is 0 Å². The summed E-state index contributed by atoms with van der Waals surface area (Å²) in [7, 11) is 0. The van der Waals surface area contributed by atoms with Gasteiger partial charge in [0.15, 0.2) is 0 Å². The van der Waals surface area contributed by atoms with Crippen molar-refractivity contribution in [2.45, 2.75) is 52.1 Å². The van der Waals surface area contributed by atoms with E-state index in [1.54, 1.807) is 4.90 Å². The minimum absolute atomic E-state index is 0.0728. The van der Waals surface area contributed by atoms with E-state index in [0.717, 1.165) is 0 Å². The Kier molecular flexibility index (Phi) is 4.68. The zero-order valence-corrected chi connectivity index (χ0v) is 12.0. The lowest BCUT2D eigenvalue weighted by Crippen LogP contribution is -2.53. The molecule has 1 saturated heterocycles. The summed E-state index contributed by atoms with van der Waals surface area (Å²) in [6.45, 7) is 7.58. The van der Waals surface area contributed by atoms with E-state index in [2.05, 4.69) is 0 Å². The molecule has 1 heterocycles. The summed E-state index contributed by atoms with van der Waals surface area (Å²) in [4.78, 5) is 37.9. The molecule has 2 amide bonds. The van der Waals surface area contributed by atoms with Crippen molar-refractivity contribution < 1.29 is 19.5 Å². The highest BCUT2D eigenvalue weighted by atomic mass is 16.4. The van der Waals surface area contributed by atoms with E-state index in [0.29, 0.717) is 13.0 Å². The van der Waals surface area contributed by atoms with Crippen LogP contribution in [-0.2, 0) is 14.4 Å². The van der Waals surface area contributed by atoms with Gasteiger partial charge in [-0.1, -0.05) is 6.92 Å². The third kappa shape index (κ3) is 3.53. The molecule has 0 bridgehead atoms. The number of aliphatic carboxylic acids is 1. The fourth-order valence-corrected chi connectivity index (χ4v) is 2.33. The number of imide groups is 1. The molecule has 6 heteroatoms. The molecule has 1 unspecified atom stereocenters. The van der Waals surface area contributed by atoms with Crippen molar-refractivity contribution in [1.82, 2.24) is 9.80 Å². The highest BCUT2D eigenvalue weighted by Gasteiger charge is 2.45. The number of carboxylic acid groups (broad SMARTS) is 1. The van der Waals surface area contributed by atoms with Gasteiger partial charge in [0.2, 0.25) is 11.8 Å². The molecule has 0 aromatic heterocycles. The second kappa shape index (κ2) is 5.69. The van der Waals surface area contributed by atoms with Crippen molar-refractivity contribution in [1.29, 1.82) is 0 Å². The maximum absolute atomic E-state index is 12.2. The topological polar surface area (TPSA) is 77.9 Å². The lowest BCUT2D eigenvalue weighted by atomic mass is 10.0. The molecule has 1 aliphatic heterocycles. The van der Waals surface area contributed by atoms with Gasteiger partial charge in [0, 0.05) is 12.1 Å². The SMILES string of the molecule is CCCN1C(=O)CC(N(CC(=O)O)C(C)(C)C)C1=O. The van der Waals surface area contributed by atoms with E-state index in [1.807, 2.05) is 27.7 Å². The standard InChI is InChI=1S/C13H22N2O4/c1-5-6-14-10(16)7-9(12(14)19)15(8-11(17)18)13(2,3)4/h9H,5-8H2,1-4H3,(H,17,18). The van der Waals surface area contributed by atoms with Crippen molar-refractivity contribution in [3.05, 3.63) is 0 Å². The Morgan fingerprint density at radius 1 is 1.42 bits per heavy atom. The molecule has 108 valence electrons. The van der Waals surface area contributed by atoms with Gasteiger partial charge >= 0.3 is 5.97 Å². The Balaban J connectivity index is 2.96. The largest absolute Gasteiger partial charge is 0.480 e. The van der Waals surface area contributed by atoms with Crippen molar-refractivity contribution in [2.75, 3.05) is 13.1 Å². The maximum atomic E-state index is 12.2. The molecule has 1 atom stereocenters. The maximum Gasteiger partial charge on any atom is 0.317 e. The van der Waals surface area contributed by atoms with Crippen LogP contribution in [0.5, 0.6) is 0 Å². The van der Waals surface area contributed by atoms with Crippen LogP contribution in [-0.4, -0.2) is 57.4 Å². The molecule has 0 aromatic rings. The smallest absolute Gasteiger partial charge is 0.317 e. The number of hydrogen-bond donors (Lipinski definition) is 1. The van der Waals surface area contributed by atoms with Crippen LogP contribution in [0.25, 0.3) is 0 Å². The van der Waals surface area contributed by atoms with Crippen LogP contribution in [0.2, 0.25) is 0 Å². The Hall–Kier alpha value is -1.43. The van der Waals surface area contributed by atoms with Crippen LogP contribution in [0.4, 0.5) is 0 Å². The van der Waals surface area contributed by atoms with E-state index in [-0.39, 0.29) is 24.8 Å². The molecule has 1 N–H and O–H groups in total. The number of likely N-dealkylation sites (tertiary alicyclic amines) is 1. The highest BCUT2D eigenvalue weighted by Crippen LogP contribution is 2.25. The summed E-state index contributed by atoms with van der Waals surface area (Å²) < 4.78 is 0. The number of amides is 2. The number of rotatable bonds is 5. The van der Waals surface area contributed by atoms with Crippen molar-refractivity contribution >= 4 is 17.8 Å². The van der Waals surface area contributed by atoms with Gasteiger partial charge in [-0.05, 0) is 27.2 Å². The minimum atomic E-state index is -0.996. The average Bonchev–Trinajstić information content (AvgIpc) is 2.52. The third-order valence-corrected chi connectivity index (χ3v) is 3.21. The molecule has 0 aromatic carbocycles. The van der Waals surface area contributed by atoms with Gasteiger partial charge in [-0.2, -0.15) is 0 Å². The normalized spacial score (nSPS) is 20.5. The van der Waals surface area contributed by atoms with E-state index < -0.39 is 17.6 Å². The molecule has 6 nitrogen and oxygen atoms in total. The third-order valence-electron chi connectivity index (χ3n) is 3.21. The van der Waals surface area contributed by atoms with Crippen LogP contribution >= 0.6 is 0 Å². The molecule has 0 spiro atoms. The zero-order valence-electron chi connectivity index (χ0n) is 12.0. The molecule has 0 radical (unpaired) electrons. The Morgan fingerprint density at radius 2 is 2.00 bits per heavy atom. The monoisotopic (exact) mass is 270 g/mol. The Bertz CT molecular complexity index is 387. The van der Waals surface area contributed by atoms with Crippen molar-refractivity contribution in [3.8, 4) is 0 Å². The fraction of sp³-hybridized carbons (Fsp3) is 0.769. The predicted octanol–water partition coefficient (Wildman–Crippen LogP) is 0.709. The average molecular weight is 270 g/mol. The number of carboxylic acids is 1. The lowest BCUT2D eigenvalue weighted by Gasteiger charge is -2.37. The first-order valence-electron chi connectivity index (χ1n) is 6.51. The van der Waals surface area contributed by atoms with Crippen LogP contribution in [0.1, 0.15) is 40.5 Å². The zero-order chi connectivity index (χ0) is 14.8. The quantitative estimate of drug-likeness (QED) is 0.744. The van der Waals surface area contributed by atoms with Gasteiger partial charge in [-0.15, -0.1) is 0 Å². The van der Waals surface area contributed by atoms with E-state index in [4.69, 9.17) is 5.11 Å². The predicted molar refractivity (Wildman–Crippen MR) is 69.5 cm³/mol. The highest BCUT2D eigenvalue weighted by molar-refractivity contribution is 6.05. The van der Waals surface area contributed by atoms with E-state index >= 15 is 0 Å². The van der Waals surface area contributed by atoms with Crippen LogP contribution in [0.15, 0.2) is 0 Å². The second-order valence-corrected chi connectivity index (χ2v) is 5.80. The molecule has 0 aliphatic carbocycles. The van der Waals surface area contributed by atoms with Crippen molar-refractivity contribution in [3.63, 3.8) is 0 Å². The van der Waals surface area contributed by atoms with Gasteiger partial charge in [-0.25, -0.2) is 0 Å². The second-order valence-electron chi connectivity index (χ2n) is 5.80. The Labute approximate surface area is 113 Å². The van der Waals surface area contributed by atoms with Gasteiger partial charge in [0.05, 0.1) is 19.0 Å². The fourth-order valence-electron chi connectivity index (χ4n) is 2.33. The molecular weight excluding hydrogens is 248 g/mol. The number of hydrogen-bond acceptors (Lipinski definition) is 4. The van der Waals surface area contributed by atoms with Gasteiger partial charge in [0.1, 0.15) is 0 Å². The van der Waals surface area contributed by atoms with Crippen LogP contribution in [0.3, 0.4) is 0 Å². The number of carbonyl (C=O) groups is 3. The molecule has 1 aliphatic rings. The summed E-state index contributed by atoms with van der Waals surface area (Å²) in [5.74, 6) is -1.48. The number of carbonyl (C=O) groups excluding carboxylic acids is 2. The summed E-state index contributed by atoms with van der Waals surface area (Å²) in [6, 6.07) is -0.657. The molecular formula is C13H22N2O4. The first kappa shape index (κ1) is 15.6. The Morgan fingerprint density at radius 3 is 2.42 bits per heavy atom. The summed E-state index contributed by atoms with van der Waals surface area (Å²) >= 11 is 0. The summed E-state index contributed by atoms with van der Waals surface area (Å²) in [5.41, 5.74) is -0.485. The summed E-state index contributed by atoms with van der Waals surface area (Å²) in [5, 5.41) is 8.98. The molecule has 0 saturated carbocycles. The lowest BCUT2D eigenvalue weighted by molar-refractivity contribution is -0.143. The van der Waals surface area contributed by atoms with Gasteiger partial charge < -0.3 is 5.11 Å². The van der Waals surface area contributed by atoms with Crippen LogP contribution < -0.4 is 0 Å². The van der Waals surface area contributed by atoms with E-state index in [1.165, 1.54) is 4.90 Å². The molecule has 1 fully saturated rings. The van der Waals surface area contributed by atoms with Gasteiger partial charge in [-0.3, -0.25) is 24.2 Å². The number of nitrogens with zero attached hydrogens (tertiary/aromatic N) is 2. The van der Waals surface area contributed by atoms with Crippen molar-refractivity contribution in [2.24, 2.45) is 0 Å². The minimum Gasteiger partial charge on any atom is -0.480 e. The van der Waals surface area contributed by atoms with Crippen LogP contribution in [0, 0.1) is 0 Å². The molecule has 19 heavy (non-hydrogen) atoms. The molecule has 1 rings (SSSR count). The summed E-state index contributed by atoms with van der Waals surface area (Å²) in [6.07, 6.45) is 0.780. The van der Waals surface area contributed by atoms with E-state index in [9.17, 15) is 14.4 Å². The first-order valence-corrected chi connectivity index (χ1v) is 6.51. The first-order chi connectivity index (χ1) is 8.68.